The van der Waals surface area contributed by atoms with Crippen LogP contribution in [-0.4, -0.2) is 33.3 Å². The number of rotatable bonds is 6. The van der Waals surface area contributed by atoms with Crippen molar-refractivity contribution in [1.82, 2.24) is 14.8 Å². The maximum absolute atomic E-state index is 12.9. The molecule has 2 heterocycles. The predicted octanol–water partition coefficient (Wildman–Crippen LogP) is 3.89. The highest BCUT2D eigenvalue weighted by Gasteiger charge is 2.62. The quantitative estimate of drug-likeness (QED) is 0.740. The van der Waals surface area contributed by atoms with Crippen LogP contribution in [0.25, 0.3) is 5.82 Å². The van der Waals surface area contributed by atoms with E-state index in [4.69, 9.17) is 4.74 Å². The van der Waals surface area contributed by atoms with Crippen molar-refractivity contribution in [3.63, 3.8) is 0 Å². The van der Waals surface area contributed by atoms with Gasteiger partial charge < -0.3 is 4.74 Å². The number of ether oxygens (including phenoxy) is 1. The summed E-state index contributed by atoms with van der Waals surface area (Å²) in [5.41, 5.74) is -0.449. The van der Waals surface area contributed by atoms with Gasteiger partial charge in [-0.2, -0.15) is 13.2 Å². The van der Waals surface area contributed by atoms with Gasteiger partial charge in [0.25, 0.3) is 0 Å². The number of aromatic nitrogens is 3. The molecule has 134 valence electrons. The zero-order valence-corrected chi connectivity index (χ0v) is 13.9. The van der Waals surface area contributed by atoms with Gasteiger partial charge in [-0.15, -0.1) is 5.10 Å². The first-order valence-electron chi connectivity index (χ1n) is 7.96. The van der Waals surface area contributed by atoms with Crippen LogP contribution in [0.5, 0.6) is 5.88 Å². The first-order valence-corrected chi connectivity index (χ1v) is 7.96. The van der Waals surface area contributed by atoms with Crippen molar-refractivity contribution in [2.24, 2.45) is 5.41 Å². The summed E-state index contributed by atoms with van der Waals surface area (Å²) in [5.74, 6) is 0.680. The maximum atomic E-state index is 12.9. The molecule has 3 rings (SSSR count). The van der Waals surface area contributed by atoms with Gasteiger partial charge in [0, 0.05) is 17.8 Å². The van der Waals surface area contributed by atoms with E-state index >= 15 is 0 Å². The number of carbonyl (C=O) groups is 1. The Hall–Kier alpha value is -2.38. The molecule has 0 N–H and O–H groups in total. The second-order valence-electron chi connectivity index (χ2n) is 6.33. The molecule has 1 saturated carbocycles. The van der Waals surface area contributed by atoms with E-state index in [1.54, 1.807) is 31.3 Å². The Labute approximate surface area is 142 Å². The van der Waals surface area contributed by atoms with Gasteiger partial charge in [0.05, 0.1) is 17.7 Å². The summed E-state index contributed by atoms with van der Waals surface area (Å²) in [6.07, 6.45) is -2.29. The number of aryl methyl sites for hydroxylation is 1. The Morgan fingerprint density at radius 1 is 1.32 bits per heavy atom. The van der Waals surface area contributed by atoms with Gasteiger partial charge in [0.1, 0.15) is 0 Å². The molecule has 0 spiro atoms. The number of nitrogens with zero attached hydrogens (tertiary/aromatic N) is 3. The SMILES string of the molecule is CC(=O)c1ccc(-n2ccc(OCCC3(C(F)(F)F)CC3)n2)nc1C. The van der Waals surface area contributed by atoms with Crippen molar-refractivity contribution in [1.29, 1.82) is 0 Å². The third kappa shape index (κ3) is 3.52. The average molecular weight is 353 g/mol. The van der Waals surface area contributed by atoms with Crippen molar-refractivity contribution in [2.75, 3.05) is 6.61 Å². The van der Waals surface area contributed by atoms with E-state index in [-0.39, 0.29) is 37.5 Å². The minimum absolute atomic E-state index is 0.0355. The van der Waals surface area contributed by atoms with E-state index < -0.39 is 11.6 Å². The topological polar surface area (TPSA) is 57.0 Å². The Morgan fingerprint density at radius 2 is 2.04 bits per heavy atom. The summed E-state index contributed by atoms with van der Waals surface area (Å²) in [4.78, 5) is 15.7. The number of Topliss-reactive ketones (excluding diaryl/α,β-unsaturated/α-hetero) is 1. The summed E-state index contributed by atoms with van der Waals surface area (Å²) in [5, 5.41) is 4.16. The third-order valence-corrected chi connectivity index (χ3v) is 4.54. The summed E-state index contributed by atoms with van der Waals surface area (Å²) < 4.78 is 45.4. The largest absolute Gasteiger partial charge is 0.477 e. The van der Waals surface area contributed by atoms with E-state index in [0.717, 1.165) is 0 Å². The van der Waals surface area contributed by atoms with Crippen LogP contribution in [0.1, 0.15) is 42.2 Å². The van der Waals surface area contributed by atoms with Crippen LogP contribution in [-0.2, 0) is 0 Å². The molecule has 0 atom stereocenters. The molecule has 1 aliphatic carbocycles. The van der Waals surface area contributed by atoms with E-state index in [9.17, 15) is 18.0 Å². The fourth-order valence-corrected chi connectivity index (χ4v) is 2.74. The van der Waals surface area contributed by atoms with Crippen LogP contribution in [0.15, 0.2) is 24.4 Å². The van der Waals surface area contributed by atoms with Crippen molar-refractivity contribution < 1.29 is 22.7 Å². The van der Waals surface area contributed by atoms with Crippen molar-refractivity contribution in [2.45, 2.75) is 39.3 Å². The molecule has 2 aromatic rings. The number of ketones is 1. The van der Waals surface area contributed by atoms with Crippen LogP contribution in [0, 0.1) is 12.3 Å². The minimum atomic E-state index is -4.17. The minimum Gasteiger partial charge on any atom is -0.477 e. The van der Waals surface area contributed by atoms with Gasteiger partial charge in [-0.25, -0.2) is 9.67 Å². The van der Waals surface area contributed by atoms with Gasteiger partial charge in [-0.1, -0.05) is 0 Å². The zero-order chi connectivity index (χ0) is 18.2. The Morgan fingerprint density at radius 3 is 2.60 bits per heavy atom. The lowest BCUT2D eigenvalue weighted by molar-refractivity contribution is -0.190. The molecule has 0 aromatic carbocycles. The molecule has 5 nitrogen and oxygen atoms in total. The first-order chi connectivity index (χ1) is 11.7. The highest BCUT2D eigenvalue weighted by molar-refractivity contribution is 5.95. The van der Waals surface area contributed by atoms with Gasteiger partial charge in [0.15, 0.2) is 11.6 Å². The number of halogens is 3. The molecule has 2 aromatic heterocycles. The predicted molar refractivity (Wildman–Crippen MR) is 83.9 cm³/mol. The molecule has 0 saturated heterocycles. The van der Waals surface area contributed by atoms with Crippen LogP contribution in [0.4, 0.5) is 13.2 Å². The highest BCUT2D eigenvalue weighted by atomic mass is 19.4. The maximum Gasteiger partial charge on any atom is 0.394 e. The van der Waals surface area contributed by atoms with Crippen molar-refractivity contribution in [3.8, 4) is 11.7 Å². The molecule has 0 bridgehead atoms. The van der Waals surface area contributed by atoms with Gasteiger partial charge in [-0.3, -0.25) is 4.79 Å². The number of hydrogen-bond donors (Lipinski definition) is 0. The van der Waals surface area contributed by atoms with E-state index in [1.807, 2.05) is 0 Å². The standard InChI is InChI=1S/C17H18F3N3O2/c1-11-13(12(2)24)3-4-14(21-11)23-9-5-15(22-23)25-10-8-16(6-7-16)17(18,19)20/h3-5,9H,6-8,10H2,1-2H3. The average Bonchev–Trinajstić information content (AvgIpc) is 3.17. The summed E-state index contributed by atoms with van der Waals surface area (Å²) >= 11 is 0. The van der Waals surface area contributed by atoms with Crippen LogP contribution >= 0.6 is 0 Å². The molecule has 0 amide bonds. The lowest BCUT2D eigenvalue weighted by atomic mass is 10.0. The molecule has 25 heavy (non-hydrogen) atoms. The first kappa shape index (κ1) is 17.4. The highest BCUT2D eigenvalue weighted by Crippen LogP contribution is 2.59. The van der Waals surface area contributed by atoms with Gasteiger partial charge in [-0.05, 0) is 45.2 Å². The van der Waals surface area contributed by atoms with Crippen molar-refractivity contribution in [3.05, 3.63) is 35.7 Å². The second-order valence-corrected chi connectivity index (χ2v) is 6.33. The van der Waals surface area contributed by atoms with E-state index in [0.29, 0.717) is 17.1 Å². The zero-order valence-electron chi connectivity index (χ0n) is 13.9. The molecule has 1 fully saturated rings. The Bertz CT molecular complexity index is 795. The fourth-order valence-electron chi connectivity index (χ4n) is 2.74. The Balaban J connectivity index is 1.63. The van der Waals surface area contributed by atoms with Crippen LogP contribution in [0.3, 0.4) is 0 Å². The van der Waals surface area contributed by atoms with Crippen molar-refractivity contribution >= 4 is 5.78 Å². The summed E-state index contributed by atoms with van der Waals surface area (Å²) in [7, 11) is 0. The number of pyridine rings is 1. The molecular formula is C17H18F3N3O2. The monoisotopic (exact) mass is 353 g/mol. The number of alkyl halides is 3. The van der Waals surface area contributed by atoms with E-state index in [1.165, 1.54) is 11.6 Å². The molecular weight excluding hydrogens is 335 g/mol. The molecule has 8 heteroatoms. The lowest BCUT2D eigenvalue weighted by Gasteiger charge is -2.18. The summed E-state index contributed by atoms with van der Waals surface area (Å²) in [6, 6.07) is 4.90. The third-order valence-electron chi connectivity index (χ3n) is 4.54. The lowest BCUT2D eigenvalue weighted by Crippen LogP contribution is -2.26. The van der Waals surface area contributed by atoms with E-state index in [2.05, 4.69) is 10.1 Å². The van der Waals surface area contributed by atoms with Crippen LogP contribution < -0.4 is 4.74 Å². The molecule has 0 aliphatic heterocycles. The Kier molecular flexibility index (Phi) is 4.30. The number of carbonyl (C=O) groups excluding carboxylic acids is 1. The molecule has 0 radical (unpaired) electrons. The fraction of sp³-hybridized carbons (Fsp3) is 0.471. The molecule has 1 aliphatic rings. The van der Waals surface area contributed by atoms with Gasteiger partial charge in [0.2, 0.25) is 5.88 Å². The summed E-state index contributed by atoms with van der Waals surface area (Å²) in [6.45, 7) is 3.16. The second kappa shape index (κ2) is 6.16. The molecule has 0 unspecified atom stereocenters. The van der Waals surface area contributed by atoms with Crippen LogP contribution in [0.2, 0.25) is 0 Å². The normalized spacial score (nSPS) is 15.9. The smallest absolute Gasteiger partial charge is 0.394 e. The number of hydrogen-bond acceptors (Lipinski definition) is 4. The van der Waals surface area contributed by atoms with Gasteiger partial charge >= 0.3 is 6.18 Å².